The molecular formula is C14H19BrN2O3. The van der Waals surface area contributed by atoms with Gasteiger partial charge in [0.15, 0.2) is 0 Å². The molecule has 1 atom stereocenters. The summed E-state index contributed by atoms with van der Waals surface area (Å²) in [7, 11) is 1.72. The second-order valence-corrected chi connectivity index (χ2v) is 5.66. The molecule has 1 aromatic carbocycles. The SMILES string of the molecule is CN(C(=O)N1CCOCC1)C(CO)c1cccc(Br)c1. The van der Waals surface area contributed by atoms with Crippen LogP contribution in [0.15, 0.2) is 28.7 Å². The maximum atomic E-state index is 12.4. The van der Waals surface area contributed by atoms with Crippen LogP contribution in [0.2, 0.25) is 0 Å². The Morgan fingerprint density at radius 3 is 2.80 bits per heavy atom. The molecule has 0 aliphatic carbocycles. The second kappa shape index (κ2) is 7.06. The first-order chi connectivity index (χ1) is 9.63. The Bertz CT molecular complexity index is 463. The van der Waals surface area contributed by atoms with Crippen molar-refractivity contribution in [3.63, 3.8) is 0 Å². The Labute approximate surface area is 127 Å². The molecule has 1 aromatic rings. The van der Waals surface area contributed by atoms with Crippen LogP contribution in [0.1, 0.15) is 11.6 Å². The molecule has 1 heterocycles. The zero-order valence-electron chi connectivity index (χ0n) is 11.5. The van der Waals surface area contributed by atoms with E-state index in [2.05, 4.69) is 15.9 Å². The predicted octanol–water partition coefficient (Wildman–Crippen LogP) is 1.87. The Kier molecular flexibility index (Phi) is 5.39. The van der Waals surface area contributed by atoms with Gasteiger partial charge in [-0.3, -0.25) is 0 Å². The van der Waals surface area contributed by atoms with Crippen LogP contribution >= 0.6 is 15.9 Å². The average molecular weight is 343 g/mol. The van der Waals surface area contributed by atoms with Gasteiger partial charge >= 0.3 is 6.03 Å². The number of carbonyl (C=O) groups excluding carboxylic acids is 1. The molecule has 0 saturated carbocycles. The standard InChI is InChI=1S/C14H19BrN2O3/c1-16(14(19)17-5-7-20-8-6-17)13(10-18)11-3-2-4-12(15)9-11/h2-4,9,13,18H,5-8,10H2,1H3. The molecule has 1 fully saturated rings. The number of morpholine rings is 1. The molecule has 1 aliphatic heterocycles. The van der Waals surface area contributed by atoms with E-state index >= 15 is 0 Å². The summed E-state index contributed by atoms with van der Waals surface area (Å²) in [6, 6.07) is 7.23. The third-order valence-electron chi connectivity index (χ3n) is 3.46. The highest BCUT2D eigenvalue weighted by Gasteiger charge is 2.26. The molecule has 1 unspecified atom stereocenters. The molecule has 20 heavy (non-hydrogen) atoms. The Morgan fingerprint density at radius 1 is 1.50 bits per heavy atom. The molecule has 2 rings (SSSR count). The first kappa shape index (κ1) is 15.3. The van der Waals surface area contributed by atoms with Gasteiger partial charge in [0.2, 0.25) is 0 Å². The number of nitrogens with zero attached hydrogens (tertiary/aromatic N) is 2. The van der Waals surface area contributed by atoms with Crippen LogP contribution in [0.5, 0.6) is 0 Å². The van der Waals surface area contributed by atoms with E-state index in [0.717, 1.165) is 10.0 Å². The number of rotatable bonds is 3. The summed E-state index contributed by atoms with van der Waals surface area (Å²) >= 11 is 3.41. The van der Waals surface area contributed by atoms with Crippen molar-refractivity contribution in [3.05, 3.63) is 34.3 Å². The fourth-order valence-electron chi connectivity index (χ4n) is 2.28. The van der Waals surface area contributed by atoms with E-state index in [-0.39, 0.29) is 18.7 Å². The molecule has 5 nitrogen and oxygen atoms in total. The van der Waals surface area contributed by atoms with Crippen molar-refractivity contribution in [2.75, 3.05) is 40.0 Å². The van der Waals surface area contributed by atoms with Crippen molar-refractivity contribution in [1.82, 2.24) is 9.80 Å². The van der Waals surface area contributed by atoms with Gasteiger partial charge in [-0.2, -0.15) is 0 Å². The molecule has 1 aliphatic rings. The number of urea groups is 1. The first-order valence-corrected chi connectivity index (χ1v) is 7.38. The number of amides is 2. The topological polar surface area (TPSA) is 53.0 Å². The van der Waals surface area contributed by atoms with Gasteiger partial charge in [0, 0.05) is 24.6 Å². The minimum absolute atomic E-state index is 0.0766. The molecule has 0 bridgehead atoms. The number of hydrogen-bond acceptors (Lipinski definition) is 3. The summed E-state index contributed by atoms with van der Waals surface area (Å²) in [5.74, 6) is 0. The number of likely N-dealkylation sites (N-methyl/N-ethyl adjacent to an activating group) is 1. The minimum atomic E-state index is -0.345. The van der Waals surface area contributed by atoms with Crippen LogP contribution < -0.4 is 0 Å². The minimum Gasteiger partial charge on any atom is -0.394 e. The van der Waals surface area contributed by atoms with E-state index in [1.165, 1.54) is 0 Å². The fraction of sp³-hybridized carbons (Fsp3) is 0.500. The van der Waals surface area contributed by atoms with Gasteiger partial charge in [0.1, 0.15) is 0 Å². The molecule has 6 heteroatoms. The summed E-state index contributed by atoms with van der Waals surface area (Å²) in [6.07, 6.45) is 0. The molecular weight excluding hydrogens is 324 g/mol. The Hall–Kier alpha value is -1.11. The third-order valence-corrected chi connectivity index (χ3v) is 3.95. The zero-order chi connectivity index (χ0) is 14.5. The maximum absolute atomic E-state index is 12.4. The molecule has 2 amide bonds. The average Bonchev–Trinajstić information content (AvgIpc) is 2.48. The largest absolute Gasteiger partial charge is 0.394 e. The van der Waals surface area contributed by atoms with Crippen LogP contribution in [0, 0.1) is 0 Å². The van der Waals surface area contributed by atoms with Crippen molar-refractivity contribution in [1.29, 1.82) is 0 Å². The van der Waals surface area contributed by atoms with Crippen molar-refractivity contribution >= 4 is 22.0 Å². The lowest BCUT2D eigenvalue weighted by molar-refractivity contribution is 0.0387. The van der Waals surface area contributed by atoms with Gasteiger partial charge in [-0.1, -0.05) is 28.1 Å². The number of aliphatic hydroxyl groups is 1. The summed E-state index contributed by atoms with van der Waals surface area (Å²) in [5.41, 5.74) is 0.908. The van der Waals surface area contributed by atoms with Gasteiger partial charge in [-0.15, -0.1) is 0 Å². The van der Waals surface area contributed by atoms with Gasteiger partial charge in [0.25, 0.3) is 0 Å². The van der Waals surface area contributed by atoms with Crippen molar-refractivity contribution < 1.29 is 14.6 Å². The summed E-state index contributed by atoms with van der Waals surface area (Å²) in [6.45, 7) is 2.23. The number of benzene rings is 1. The molecule has 110 valence electrons. The highest BCUT2D eigenvalue weighted by atomic mass is 79.9. The molecule has 0 radical (unpaired) electrons. The molecule has 1 N–H and O–H groups in total. The fourth-order valence-corrected chi connectivity index (χ4v) is 2.69. The lowest BCUT2D eigenvalue weighted by atomic mass is 10.1. The van der Waals surface area contributed by atoms with E-state index in [1.807, 2.05) is 24.3 Å². The molecule has 1 saturated heterocycles. The van der Waals surface area contributed by atoms with E-state index in [4.69, 9.17) is 4.74 Å². The third kappa shape index (κ3) is 3.50. The lowest BCUT2D eigenvalue weighted by Gasteiger charge is -2.34. The number of aliphatic hydroxyl groups excluding tert-OH is 1. The van der Waals surface area contributed by atoms with Crippen molar-refractivity contribution in [3.8, 4) is 0 Å². The van der Waals surface area contributed by atoms with E-state index < -0.39 is 0 Å². The Balaban J connectivity index is 2.11. The van der Waals surface area contributed by atoms with Crippen LogP contribution in [0.4, 0.5) is 4.79 Å². The number of ether oxygens (including phenoxy) is 1. The predicted molar refractivity (Wildman–Crippen MR) is 79.5 cm³/mol. The summed E-state index contributed by atoms with van der Waals surface area (Å²) in [4.78, 5) is 15.8. The van der Waals surface area contributed by atoms with Crippen LogP contribution in [0.25, 0.3) is 0 Å². The number of halogens is 1. The van der Waals surface area contributed by atoms with Gasteiger partial charge in [-0.25, -0.2) is 4.79 Å². The lowest BCUT2D eigenvalue weighted by Crippen LogP contribution is -2.48. The normalized spacial score (nSPS) is 16.9. The monoisotopic (exact) mass is 342 g/mol. The highest BCUT2D eigenvalue weighted by molar-refractivity contribution is 9.10. The van der Waals surface area contributed by atoms with Gasteiger partial charge < -0.3 is 19.6 Å². The molecule has 0 spiro atoms. The van der Waals surface area contributed by atoms with E-state index in [9.17, 15) is 9.90 Å². The smallest absolute Gasteiger partial charge is 0.320 e. The van der Waals surface area contributed by atoms with Crippen molar-refractivity contribution in [2.45, 2.75) is 6.04 Å². The van der Waals surface area contributed by atoms with Crippen LogP contribution in [-0.2, 0) is 4.74 Å². The van der Waals surface area contributed by atoms with E-state index in [0.29, 0.717) is 26.3 Å². The zero-order valence-corrected chi connectivity index (χ0v) is 13.0. The second-order valence-electron chi connectivity index (χ2n) is 4.75. The van der Waals surface area contributed by atoms with Crippen LogP contribution in [-0.4, -0.2) is 60.9 Å². The van der Waals surface area contributed by atoms with Gasteiger partial charge in [-0.05, 0) is 17.7 Å². The first-order valence-electron chi connectivity index (χ1n) is 6.59. The number of carbonyl (C=O) groups is 1. The van der Waals surface area contributed by atoms with E-state index in [1.54, 1.807) is 16.8 Å². The van der Waals surface area contributed by atoms with Gasteiger partial charge in [0.05, 0.1) is 25.9 Å². The quantitative estimate of drug-likeness (QED) is 0.912. The Morgan fingerprint density at radius 2 is 2.20 bits per heavy atom. The number of hydrogen-bond donors (Lipinski definition) is 1. The molecule has 0 aromatic heterocycles. The van der Waals surface area contributed by atoms with Crippen LogP contribution in [0.3, 0.4) is 0 Å². The van der Waals surface area contributed by atoms with Crippen molar-refractivity contribution in [2.24, 2.45) is 0 Å². The summed E-state index contributed by atoms with van der Waals surface area (Å²) in [5, 5.41) is 9.64. The highest BCUT2D eigenvalue weighted by Crippen LogP contribution is 2.23. The maximum Gasteiger partial charge on any atom is 0.320 e. The summed E-state index contributed by atoms with van der Waals surface area (Å²) < 4.78 is 6.18.